The van der Waals surface area contributed by atoms with E-state index in [0.717, 1.165) is 16.5 Å². The number of carbonyl (C=O) groups is 5. The minimum absolute atomic E-state index is 0.225. The number of benzene rings is 1. The Morgan fingerprint density at radius 1 is 0.975 bits per heavy atom. The Labute approximate surface area is 237 Å². The number of aromatic amines is 1. The van der Waals surface area contributed by atoms with Crippen LogP contribution in [0.1, 0.15) is 45.1 Å². The molecule has 1 aromatic heterocycles. The lowest BCUT2D eigenvalue weighted by molar-refractivity contribution is -0.144. The number of hydrogen-bond acceptors (Lipinski definition) is 7. The third-order valence-corrected chi connectivity index (χ3v) is 7.40. The normalized spacial score (nSPS) is 14.9. The highest BCUT2D eigenvalue weighted by Crippen LogP contribution is 2.19. The lowest BCUT2D eigenvalue weighted by Gasteiger charge is -2.26. The summed E-state index contributed by atoms with van der Waals surface area (Å²) in [5.41, 5.74) is 7.94. The lowest BCUT2D eigenvalue weighted by Crippen LogP contribution is -2.58. The highest BCUT2D eigenvalue weighted by atomic mass is 32.2. The molecule has 0 saturated heterocycles. The van der Waals surface area contributed by atoms with E-state index in [1.807, 2.05) is 30.5 Å². The topological polar surface area (TPSA) is 204 Å². The van der Waals surface area contributed by atoms with E-state index in [4.69, 9.17) is 10.8 Å². The van der Waals surface area contributed by atoms with Crippen LogP contribution in [0.15, 0.2) is 30.5 Å². The number of H-pyrrole nitrogens is 1. The Bertz CT molecular complexity index is 1190. The Balaban J connectivity index is 2.15. The number of aromatic nitrogens is 1. The van der Waals surface area contributed by atoms with Gasteiger partial charge in [0.2, 0.25) is 17.7 Å². The second-order valence-electron chi connectivity index (χ2n) is 9.72. The molecule has 0 spiro atoms. The van der Waals surface area contributed by atoms with E-state index < -0.39 is 66.2 Å². The van der Waals surface area contributed by atoms with Crippen molar-refractivity contribution >= 4 is 52.3 Å². The van der Waals surface area contributed by atoms with Crippen molar-refractivity contribution in [2.24, 2.45) is 11.7 Å². The second kappa shape index (κ2) is 15.9. The molecule has 2 rings (SSSR count). The molecule has 3 amide bonds. The standard InChI is InChI=1S/C27H39N5O7S/c1-4-15(2)23(27(38)39)32-26(37)20(9-10-22(33)34)31-25(36)21(11-12-40-3)30-24(35)18(28)13-16-14-29-19-8-6-5-7-17(16)19/h5-8,14-15,18,20-21,23,29H,4,9-13,28H2,1-3H3,(H,30,35)(H,31,36)(H,32,37)(H,33,34)(H,38,39). The zero-order valence-electron chi connectivity index (χ0n) is 22.9. The van der Waals surface area contributed by atoms with E-state index in [1.165, 1.54) is 11.8 Å². The summed E-state index contributed by atoms with van der Waals surface area (Å²) in [4.78, 5) is 65.2. The van der Waals surface area contributed by atoms with Crippen LogP contribution in [-0.4, -0.2) is 81.0 Å². The van der Waals surface area contributed by atoms with Gasteiger partial charge >= 0.3 is 11.9 Å². The molecular formula is C27H39N5O7S. The smallest absolute Gasteiger partial charge is 0.326 e. The molecule has 5 atom stereocenters. The quantitative estimate of drug-likeness (QED) is 0.144. The fourth-order valence-corrected chi connectivity index (χ4v) is 4.63. The molecule has 2 aromatic rings. The number of hydrogen-bond donors (Lipinski definition) is 7. The van der Waals surface area contributed by atoms with Gasteiger partial charge in [-0.25, -0.2) is 4.79 Å². The summed E-state index contributed by atoms with van der Waals surface area (Å²) in [7, 11) is 0. The van der Waals surface area contributed by atoms with Crippen LogP contribution in [0.25, 0.3) is 10.9 Å². The van der Waals surface area contributed by atoms with Crippen LogP contribution in [0.2, 0.25) is 0 Å². The van der Waals surface area contributed by atoms with Crippen molar-refractivity contribution in [1.29, 1.82) is 0 Å². The van der Waals surface area contributed by atoms with Crippen LogP contribution in [-0.2, 0) is 30.4 Å². The van der Waals surface area contributed by atoms with Crippen molar-refractivity contribution < 1.29 is 34.2 Å². The molecular weight excluding hydrogens is 538 g/mol. The predicted molar refractivity (Wildman–Crippen MR) is 153 cm³/mol. The van der Waals surface area contributed by atoms with Gasteiger partial charge in [0.05, 0.1) is 6.04 Å². The molecule has 0 radical (unpaired) electrons. The molecule has 12 nitrogen and oxygen atoms in total. The van der Waals surface area contributed by atoms with Gasteiger partial charge in [-0.1, -0.05) is 38.5 Å². The Morgan fingerprint density at radius 2 is 1.60 bits per heavy atom. The number of carboxylic acid groups (broad SMARTS) is 2. The van der Waals surface area contributed by atoms with Gasteiger partial charge in [-0.2, -0.15) is 11.8 Å². The van der Waals surface area contributed by atoms with Crippen LogP contribution in [0, 0.1) is 5.92 Å². The summed E-state index contributed by atoms with van der Waals surface area (Å²) < 4.78 is 0. The van der Waals surface area contributed by atoms with Gasteiger partial charge in [0.15, 0.2) is 0 Å². The van der Waals surface area contributed by atoms with Crippen LogP contribution in [0.4, 0.5) is 0 Å². The maximum absolute atomic E-state index is 13.2. The molecule has 0 aliphatic rings. The number of amides is 3. The average Bonchev–Trinajstić information content (AvgIpc) is 3.33. The van der Waals surface area contributed by atoms with Crippen molar-refractivity contribution in [3.05, 3.63) is 36.0 Å². The molecule has 1 aromatic carbocycles. The van der Waals surface area contributed by atoms with Crippen molar-refractivity contribution in [2.75, 3.05) is 12.0 Å². The largest absolute Gasteiger partial charge is 0.481 e. The number of nitrogens with one attached hydrogen (secondary N) is 4. The summed E-state index contributed by atoms with van der Waals surface area (Å²) >= 11 is 1.46. The number of nitrogens with two attached hydrogens (primary N) is 1. The van der Waals surface area contributed by atoms with E-state index >= 15 is 0 Å². The van der Waals surface area contributed by atoms with Gasteiger partial charge < -0.3 is 36.9 Å². The molecule has 0 bridgehead atoms. The number of aliphatic carboxylic acids is 2. The van der Waals surface area contributed by atoms with Gasteiger partial charge in [-0.3, -0.25) is 19.2 Å². The number of fused-ring (bicyclic) bond motifs is 1. The van der Waals surface area contributed by atoms with Crippen LogP contribution >= 0.6 is 11.8 Å². The SMILES string of the molecule is CCC(C)C(NC(=O)C(CCC(=O)O)NC(=O)C(CCSC)NC(=O)C(N)Cc1c[nH]c2ccccc12)C(=O)O. The Kier molecular flexibility index (Phi) is 12.9. The van der Waals surface area contributed by atoms with Crippen molar-refractivity contribution in [3.8, 4) is 0 Å². The number of para-hydroxylation sites is 1. The van der Waals surface area contributed by atoms with Crippen molar-refractivity contribution in [3.63, 3.8) is 0 Å². The molecule has 8 N–H and O–H groups in total. The molecule has 0 aliphatic carbocycles. The molecule has 13 heteroatoms. The summed E-state index contributed by atoms with van der Waals surface area (Å²) in [5.74, 6) is -4.36. The number of carbonyl (C=O) groups excluding carboxylic acids is 3. The molecule has 220 valence electrons. The van der Waals surface area contributed by atoms with E-state index in [0.29, 0.717) is 12.2 Å². The first kappa shape index (κ1) is 32.6. The zero-order valence-corrected chi connectivity index (χ0v) is 23.8. The molecule has 40 heavy (non-hydrogen) atoms. The van der Waals surface area contributed by atoms with Gasteiger partial charge in [0.1, 0.15) is 18.1 Å². The zero-order chi connectivity index (χ0) is 29.8. The third kappa shape index (κ3) is 9.56. The molecule has 1 heterocycles. The summed E-state index contributed by atoms with van der Waals surface area (Å²) in [6.45, 7) is 3.44. The fourth-order valence-electron chi connectivity index (χ4n) is 4.16. The monoisotopic (exact) mass is 577 g/mol. The van der Waals surface area contributed by atoms with E-state index in [1.54, 1.807) is 20.0 Å². The van der Waals surface area contributed by atoms with Gasteiger partial charge in [-0.15, -0.1) is 0 Å². The predicted octanol–water partition coefficient (Wildman–Crippen LogP) is 1.24. The van der Waals surface area contributed by atoms with Crippen LogP contribution in [0.5, 0.6) is 0 Å². The van der Waals surface area contributed by atoms with Crippen LogP contribution in [0.3, 0.4) is 0 Å². The van der Waals surface area contributed by atoms with E-state index in [9.17, 15) is 29.1 Å². The average molecular weight is 578 g/mol. The highest BCUT2D eigenvalue weighted by Gasteiger charge is 2.32. The van der Waals surface area contributed by atoms with Crippen LogP contribution < -0.4 is 21.7 Å². The maximum Gasteiger partial charge on any atom is 0.326 e. The first-order chi connectivity index (χ1) is 19.0. The lowest BCUT2D eigenvalue weighted by atomic mass is 9.98. The van der Waals surface area contributed by atoms with E-state index in [2.05, 4.69) is 20.9 Å². The highest BCUT2D eigenvalue weighted by molar-refractivity contribution is 7.98. The summed E-state index contributed by atoms with van der Waals surface area (Å²) in [6, 6.07) is 3.07. The van der Waals surface area contributed by atoms with E-state index in [-0.39, 0.29) is 19.3 Å². The Morgan fingerprint density at radius 3 is 2.23 bits per heavy atom. The van der Waals surface area contributed by atoms with Gasteiger partial charge in [0, 0.05) is 23.5 Å². The summed E-state index contributed by atoms with van der Waals surface area (Å²) in [6.07, 6.45) is 3.86. The maximum atomic E-state index is 13.2. The number of carboxylic acids is 2. The van der Waals surface area contributed by atoms with Crippen molar-refractivity contribution in [1.82, 2.24) is 20.9 Å². The van der Waals surface area contributed by atoms with Crippen molar-refractivity contribution in [2.45, 2.75) is 70.1 Å². The first-order valence-corrected chi connectivity index (χ1v) is 14.5. The first-order valence-electron chi connectivity index (χ1n) is 13.1. The Hall–Kier alpha value is -3.58. The molecule has 0 fully saturated rings. The molecule has 0 aliphatic heterocycles. The second-order valence-corrected chi connectivity index (χ2v) is 10.7. The molecule has 5 unspecified atom stereocenters. The fraction of sp³-hybridized carbons (Fsp3) is 0.519. The number of thioether (sulfide) groups is 1. The van der Waals surface area contributed by atoms with Gasteiger partial charge in [-0.05, 0) is 48.8 Å². The van der Waals surface area contributed by atoms with Gasteiger partial charge in [0.25, 0.3) is 0 Å². The minimum Gasteiger partial charge on any atom is -0.481 e. The summed E-state index contributed by atoms with van der Waals surface area (Å²) in [5, 5.41) is 27.2. The number of rotatable bonds is 17. The molecule has 0 saturated carbocycles. The third-order valence-electron chi connectivity index (χ3n) is 6.75. The minimum atomic E-state index is -1.32.